The minimum atomic E-state index is -2.21. The minimum absolute atomic E-state index is 0.376. The van der Waals surface area contributed by atoms with Gasteiger partial charge in [-0.25, -0.2) is 22.0 Å². The first kappa shape index (κ1) is 15.7. The van der Waals surface area contributed by atoms with Crippen LogP contribution in [0.1, 0.15) is 29.5 Å². The summed E-state index contributed by atoms with van der Waals surface area (Å²) in [6.07, 6.45) is 1.44. The van der Waals surface area contributed by atoms with Gasteiger partial charge in [0.25, 0.3) is 0 Å². The predicted octanol–water partition coefficient (Wildman–Crippen LogP) is 4.86. The zero-order valence-corrected chi connectivity index (χ0v) is 11.4. The summed E-state index contributed by atoms with van der Waals surface area (Å²) in [5.74, 6) is -10.8. The Morgan fingerprint density at radius 3 is 1.90 bits per heavy atom. The van der Waals surface area contributed by atoms with Crippen LogP contribution in [0.5, 0.6) is 0 Å². The van der Waals surface area contributed by atoms with Gasteiger partial charge in [0.1, 0.15) is 0 Å². The molecule has 1 heterocycles. The van der Waals surface area contributed by atoms with Crippen molar-refractivity contribution >= 4 is 11.6 Å². The molecule has 0 aliphatic carbocycles. The molecule has 0 fully saturated rings. The smallest absolute Gasteiger partial charge is 0.200 e. The molecule has 0 radical (unpaired) electrons. The van der Waals surface area contributed by atoms with E-state index in [0.717, 1.165) is 0 Å². The molecule has 0 amide bonds. The summed E-state index contributed by atoms with van der Waals surface area (Å²) in [6.45, 7) is 1.48. The van der Waals surface area contributed by atoms with E-state index in [1.165, 1.54) is 13.1 Å². The second-order valence-electron chi connectivity index (χ2n) is 4.43. The maximum atomic E-state index is 13.7. The van der Waals surface area contributed by atoms with Gasteiger partial charge < -0.3 is 0 Å². The Kier molecular flexibility index (Phi) is 4.46. The SMILES string of the molecule is CC(c1ccccn1)C(Cl)c1c(F)c(F)c(F)c(F)c1F. The van der Waals surface area contributed by atoms with Crippen LogP contribution in [-0.2, 0) is 0 Å². The predicted molar refractivity (Wildman–Crippen MR) is 67.5 cm³/mol. The van der Waals surface area contributed by atoms with Crippen molar-refractivity contribution in [1.29, 1.82) is 0 Å². The second-order valence-corrected chi connectivity index (χ2v) is 4.90. The Balaban J connectivity index is 2.52. The molecule has 0 bridgehead atoms. The van der Waals surface area contributed by atoms with Crippen molar-refractivity contribution in [3.63, 3.8) is 0 Å². The lowest BCUT2D eigenvalue weighted by atomic mass is 9.95. The molecule has 2 aromatic rings. The summed E-state index contributed by atoms with van der Waals surface area (Å²) in [4.78, 5) is 3.96. The Labute approximate surface area is 122 Å². The van der Waals surface area contributed by atoms with Gasteiger partial charge >= 0.3 is 0 Å². The first-order valence-electron chi connectivity index (χ1n) is 5.92. The van der Waals surface area contributed by atoms with Crippen LogP contribution in [0.25, 0.3) is 0 Å². The highest BCUT2D eigenvalue weighted by Crippen LogP contribution is 2.39. The highest BCUT2D eigenvalue weighted by Gasteiger charge is 2.32. The minimum Gasteiger partial charge on any atom is -0.261 e. The van der Waals surface area contributed by atoms with Crippen molar-refractivity contribution in [3.05, 3.63) is 64.7 Å². The number of pyridine rings is 1. The van der Waals surface area contributed by atoms with Crippen LogP contribution in [0.3, 0.4) is 0 Å². The van der Waals surface area contributed by atoms with Gasteiger partial charge in [-0.15, -0.1) is 11.6 Å². The number of nitrogens with zero attached hydrogens (tertiary/aromatic N) is 1. The standard InChI is InChI=1S/C14H9ClF5N/c1-6(7-4-2-3-5-21-7)9(15)8-10(16)12(18)14(20)13(19)11(8)17/h2-6,9H,1H3. The molecule has 0 saturated carbocycles. The van der Waals surface area contributed by atoms with Crippen molar-refractivity contribution < 1.29 is 22.0 Å². The van der Waals surface area contributed by atoms with Gasteiger partial charge in [-0.2, -0.15) is 0 Å². The van der Waals surface area contributed by atoms with E-state index in [4.69, 9.17) is 11.6 Å². The lowest BCUT2D eigenvalue weighted by Crippen LogP contribution is -2.13. The Morgan fingerprint density at radius 2 is 1.43 bits per heavy atom. The molecule has 1 aromatic heterocycles. The summed E-state index contributed by atoms with van der Waals surface area (Å²) in [5.41, 5.74) is -0.673. The topological polar surface area (TPSA) is 12.9 Å². The van der Waals surface area contributed by atoms with Gasteiger partial charge in [-0.3, -0.25) is 4.98 Å². The van der Waals surface area contributed by atoms with E-state index in [1.54, 1.807) is 18.2 Å². The number of hydrogen-bond acceptors (Lipinski definition) is 1. The maximum absolute atomic E-state index is 13.7. The third-order valence-corrected chi connectivity index (χ3v) is 3.71. The van der Waals surface area contributed by atoms with Crippen molar-refractivity contribution in [3.8, 4) is 0 Å². The first-order valence-corrected chi connectivity index (χ1v) is 6.36. The van der Waals surface area contributed by atoms with Gasteiger partial charge in [-0.1, -0.05) is 13.0 Å². The van der Waals surface area contributed by atoms with Crippen LogP contribution in [0.15, 0.2) is 24.4 Å². The van der Waals surface area contributed by atoms with Crippen molar-refractivity contribution in [2.45, 2.75) is 18.2 Å². The van der Waals surface area contributed by atoms with E-state index in [1.807, 2.05) is 0 Å². The summed E-state index contributed by atoms with van der Waals surface area (Å²) >= 11 is 5.92. The van der Waals surface area contributed by atoms with Crippen molar-refractivity contribution in [2.75, 3.05) is 0 Å². The molecule has 2 atom stereocenters. The molecule has 112 valence electrons. The fraction of sp³-hybridized carbons (Fsp3) is 0.214. The molecule has 0 aliphatic rings. The zero-order valence-electron chi connectivity index (χ0n) is 10.7. The fourth-order valence-corrected chi connectivity index (χ4v) is 2.23. The maximum Gasteiger partial charge on any atom is 0.200 e. The van der Waals surface area contributed by atoms with Crippen LogP contribution >= 0.6 is 11.6 Å². The van der Waals surface area contributed by atoms with E-state index in [-0.39, 0.29) is 0 Å². The highest BCUT2D eigenvalue weighted by molar-refractivity contribution is 6.21. The highest BCUT2D eigenvalue weighted by atomic mass is 35.5. The van der Waals surface area contributed by atoms with Gasteiger partial charge in [0.15, 0.2) is 23.3 Å². The van der Waals surface area contributed by atoms with Gasteiger partial charge in [-0.05, 0) is 12.1 Å². The molecule has 0 aliphatic heterocycles. The van der Waals surface area contributed by atoms with E-state index < -0.39 is 45.9 Å². The molecule has 1 aromatic carbocycles. The normalized spacial score (nSPS) is 14.0. The summed E-state index contributed by atoms with van der Waals surface area (Å²) < 4.78 is 66.8. The van der Waals surface area contributed by atoms with Gasteiger partial charge in [0, 0.05) is 23.4 Å². The third kappa shape index (κ3) is 2.72. The quantitative estimate of drug-likeness (QED) is 0.340. The molecule has 7 heteroatoms. The van der Waals surface area contributed by atoms with E-state index in [0.29, 0.717) is 5.69 Å². The number of halogens is 6. The summed E-state index contributed by atoms with van der Waals surface area (Å²) in [5, 5.41) is -1.45. The number of rotatable bonds is 3. The van der Waals surface area contributed by atoms with Crippen molar-refractivity contribution in [1.82, 2.24) is 4.98 Å². The average Bonchev–Trinajstić information content (AvgIpc) is 2.51. The fourth-order valence-electron chi connectivity index (χ4n) is 1.91. The largest absolute Gasteiger partial charge is 0.261 e. The number of aromatic nitrogens is 1. The van der Waals surface area contributed by atoms with E-state index >= 15 is 0 Å². The lowest BCUT2D eigenvalue weighted by Gasteiger charge is -2.19. The lowest BCUT2D eigenvalue weighted by molar-refractivity contribution is 0.367. The average molecular weight is 322 g/mol. The molecule has 0 saturated heterocycles. The molecule has 2 rings (SSSR count). The van der Waals surface area contributed by atoms with Crippen LogP contribution in [0.2, 0.25) is 0 Å². The van der Waals surface area contributed by atoms with E-state index in [2.05, 4.69) is 4.98 Å². The van der Waals surface area contributed by atoms with Crippen LogP contribution in [-0.4, -0.2) is 4.98 Å². The molecular weight excluding hydrogens is 313 g/mol. The number of benzene rings is 1. The molecule has 0 N–H and O–H groups in total. The summed E-state index contributed by atoms with van der Waals surface area (Å²) in [6, 6.07) is 4.80. The Hall–Kier alpha value is -1.69. The number of alkyl halides is 1. The molecular formula is C14H9ClF5N. The first-order chi connectivity index (χ1) is 9.86. The third-order valence-electron chi connectivity index (χ3n) is 3.11. The monoisotopic (exact) mass is 321 g/mol. The second kappa shape index (κ2) is 5.97. The zero-order chi connectivity index (χ0) is 15.7. The number of hydrogen-bond donors (Lipinski definition) is 0. The van der Waals surface area contributed by atoms with Gasteiger partial charge in [0.2, 0.25) is 5.82 Å². The Morgan fingerprint density at radius 1 is 0.905 bits per heavy atom. The molecule has 1 nitrogen and oxygen atoms in total. The van der Waals surface area contributed by atoms with Crippen LogP contribution < -0.4 is 0 Å². The van der Waals surface area contributed by atoms with Crippen LogP contribution in [0.4, 0.5) is 22.0 Å². The van der Waals surface area contributed by atoms with E-state index in [9.17, 15) is 22.0 Å². The molecule has 0 spiro atoms. The molecule has 2 unspecified atom stereocenters. The van der Waals surface area contributed by atoms with Gasteiger partial charge in [0.05, 0.1) is 5.38 Å². The summed E-state index contributed by atoms with van der Waals surface area (Å²) in [7, 11) is 0. The van der Waals surface area contributed by atoms with Crippen molar-refractivity contribution in [2.24, 2.45) is 0 Å². The van der Waals surface area contributed by atoms with Crippen LogP contribution in [0, 0.1) is 29.1 Å². The molecule has 21 heavy (non-hydrogen) atoms. The Bertz CT molecular complexity index is 633.